The van der Waals surface area contributed by atoms with Crippen LogP contribution in [0.25, 0.3) is 11.4 Å². The Morgan fingerprint density at radius 3 is 2.60 bits per heavy atom. The third-order valence-electron chi connectivity index (χ3n) is 5.70. The molecule has 0 saturated heterocycles. The van der Waals surface area contributed by atoms with Crippen LogP contribution in [-0.4, -0.2) is 39.3 Å². The topological polar surface area (TPSA) is 91.2 Å². The van der Waals surface area contributed by atoms with Gasteiger partial charge in [0, 0.05) is 5.56 Å². The van der Waals surface area contributed by atoms with Crippen molar-refractivity contribution in [2.45, 2.75) is 37.8 Å². The van der Waals surface area contributed by atoms with Gasteiger partial charge in [-0.1, -0.05) is 49.2 Å². The van der Waals surface area contributed by atoms with Crippen molar-refractivity contribution in [3.8, 4) is 22.9 Å². The van der Waals surface area contributed by atoms with Crippen LogP contribution in [0.2, 0.25) is 0 Å². The third-order valence-corrected chi connectivity index (χ3v) is 5.70. The van der Waals surface area contributed by atoms with Crippen LogP contribution in [0.3, 0.4) is 0 Å². The average molecular weight is 405 g/mol. The maximum atomic E-state index is 12.9. The molecule has 2 aromatic carbocycles. The number of carbonyl (C=O) groups is 1. The lowest BCUT2D eigenvalue weighted by Gasteiger charge is -2.32. The molecule has 0 atom stereocenters. The van der Waals surface area contributed by atoms with Crippen molar-refractivity contribution in [1.29, 1.82) is 0 Å². The fourth-order valence-electron chi connectivity index (χ4n) is 4.25. The Bertz CT molecular complexity index is 1040. The predicted molar refractivity (Wildman–Crippen MR) is 109 cm³/mol. The van der Waals surface area contributed by atoms with Gasteiger partial charge < -0.3 is 14.8 Å². The zero-order valence-electron chi connectivity index (χ0n) is 16.6. The molecule has 30 heavy (non-hydrogen) atoms. The molecule has 1 N–H and O–H groups in total. The summed E-state index contributed by atoms with van der Waals surface area (Å²) in [7, 11) is 0. The highest BCUT2D eigenvalue weighted by atomic mass is 16.6. The second-order valence-electron chi connectivity index (χ2n) is 7.71. The molecule has 1 fully saturated rings. The second-order valence-corrected chi connectivity index (χ2v) is 7.71. The summed E-state index contributed by atoms with van der Waals surface area (Å²) in [4.78, 5) is 14.2. The maximum absolute atomic E-state index is 12.9. The largest absolute Gasteiger partial charge is 0.486 e. The number of ether oxygens (including phenoxy) is 2. The first-order valence-corrected chi connectivity index (χ1v) is 10.3. The summed E-state index contributed by atoms with van der Waals surface area (Å²) in [6, 6.07) is 15.6. The van der Waals surface area contributed by atoms with Gasteiger partial charge in [0.15, 0.2) is 11.5 Å². The van der Waals surface area contributed by atoms with Crippen LogP contribution in [0.1, 0.15) is 31.2 Å². The number of rotatable bonds is 5. The number of carbonyl (C=O) groups excluding carboxylic acids is 1. The van der Waals surface area contributed by atoms with Crippen molar-refractivity contribution >= 4 is 5.91 Å². The first-order valence-electron chi connectivity index (χ1n) is 10.3. The molecule has 154 valence electrons. The molecule has 8 heteroatoms. The Morgan fingerprint density at radius 2 is 1.80 bits per heavy atom. The van der Waals surface area contributed by atoms with Gasteiger partial charge in [-0.25, -0.2) is 0 Å². The predicted octanol–water partition coefficient (Wildman–Crippen LogP) is 2.70. The first-order chi connectivity index (χ1) is 14.7. The number of amides is 1. The van der Waals surface area contributed by atoms with E-state index in [1.165, 1.54) is 4.80 Å². The minimum atomic E-state index is -0.407. The van der Waals surface area contributed by atoms with Crippen molar-refractivity contribution in [1.82, 2.24) is 25.5 Å². The van der Waals surface area contributed by atoms with E-state index in [-0.39, 0.29) is 12.5 Å². The van der Waals surface area contributed by atoms with E-state index >= 15 is 0 Å². The Balaban J connectivity index is 1.33. The molecule has 5 rings (SSSR count). The van der Waals surface area contributed by atoms with Crippen LogP contribution in [0.15, 0.2) is 48.5 Å². The SMILES string of the molecule is O=C(Cn1nnc(-c2ccccc2)n1)NC1(c2ccc3c(c2)OCCO3)CCCC1. The van der Waals surface area contributed by atoms with E-state index in [1.54, 1.807) is 0 Å². The van der Waals surface area contributed by atoms with Gasteiger partial charge in [-0.3, -0.25) is 4.79 Å². The Kier molecular flexibility index (Phi) is 4.82. The molecule has 0 unspecified atom stereocenters. The number of hydrogen-bond acceptors (Lipinski definition) is 6. The van der Waals surface area contributed by atoms with Crippen molar-refractivity contribution in [2.24, 2.45) is 0 Å². The van der Waals surface area contributed by atoms with Gasteiger partial charge in [-0.05, 0) is 35.8 Å². The number of aromatic nitrogens is 4. The average Bonchev–Trinajstić information content (AvgIpc) is 3.44. The molecule has 0 radical (unpaired) electrons. The van der Waals surface area contributed by atoms with Gasteiger partial charge in [0.1, 0.15) is 19.8 Å². The number of benzene rings is 2. The summed E-state index contributed by atoms with van der Waals surface area (Å²) in [5.74, 6) is 1.86. The van der Waals surface area contributed by atoms with E-state index in [0.717, 1.165) is 48.3 Å². The van der Waals surface area contributed by atoms with Gasteiger partial charge in [0.25, 0.3) is 0 Å². The second kappa shape index (κ2) is 7.78. The fourth-order valence-corrected chi connectivity index (χ4v) is 4.25. The Labute approximate surface area is 174 Å². The molecule has 0 spiro atoms. The van der Waals surface area contributed by atoms with Gasteiger partial charge >= 0.3 is 0 Å². The van der Waals surface area contributed by atoms with E-state index in [1.807, 2.05) is 48.5 Å². The Hall–Kier alpha value is -3.42. The van der Waals surface area contributed by atoms with Crippen molar-refractivity contribution < 1.29 is 14.3 Å². The van der Waals surface area contributed by atoms with E-state index in [4.69, 9.17) is 9.47 Å². The molecule has 2 aliphatic rings. The Morgan fingerprint density at radius 1 is 1.03 bits per heavy atom. The normalized spacial score (nSPS) is 16.9. The first kappa shape index (κ1) is 18.6. The molecular weight excluding hydrogens is 382 g/mol. The van der Waals surface area contributed by atoms with Crippen LogP contribution in [0.5, 0.6) is 11.5 Å². The molecule has 1 aromatic heterocycles. The quantitative estimate of drug-likeness (QED) is 0.702. The van der Waals surface area contributed by atoms with Crippen LogP contribution in [-0.2, 0) is 16.9 Å². The molecule has 8 nitrogen and oxygen atoms in total. The maximum Gasteiger partial charge on any atom is 0.244 e. The highest BCUT2D eigenvalue weighted by molar-refractivity contribution is 5.77. The minimum absolute atomic E-state index is 0.0200. The molecule has 1 saturated carbocycles. The monoisotopic (exact) mass is 405 g/mol. The molecule has 3 aromatic rings. The summed E-state index contributed by atoms with van der Waals surface area (Å²) in [5, 5.41) is 15.7. The van der Waals surface area contributed by atoms with Gasteiger partial charge in [-0.15, -0.1) is 10.2 Å². The smallest absolute Gasteiger partial charge is 0.244 e. The van der Waals surface area contributed by atoms with Crippen molar-refractivity contribution in [2.75, 3.05) is 13.2 Å². The third kappa shape index (κ3) is 3.60. The standard InChI is InChI=1S/C22H23N5O3/c28-20(15-27-25-21(24-26-27)16-6-2-1-3-7-16)23-22(10-4-5-11-22)17-8-9-18-19(14-17)30-13-12-29-18/h1-3,6-9,14H,4-5,10-13,15H2,(H,23,28). The highest BCUT2D eigenvalue weighted by Crippen LogP contribution is 2.42. The van der Waals surface area contributed by atoms with Gasteiger partial charge in [0.05, 0.1) is 5.54 Å². The van der Waals surface area contributed by atoms with Crippen LogP contribution >= 0.6 is 0 Å². The van der Waals surface area contributed by atoms with E-state index < -0.39 is 5.54 Å². The summed E-state index contributed by atoms with van der Waals surface area (Å²) < 4.78 is 11.4. The zero-order chi connectivity index (χ0) is 20.4. The van der Waals surface area contributed by atoms with Gasteiger partial charge in [-0.2, -0.15) is 4.80 Å². The lowest BCUT2D eigenvalue weighted by Crippen LogP contribution is -2.45. The van der Waals surface area contributed by atoms with Crippen molar-refractivity contribution in [3.05, 3.63) is 54.1 Å². The summed E-state index contributed by atoms with van der Waals surface area (Å²) in [6.07, 6.45) is 3.90. The van der Waals surface area contributed by atoms with Crippen LogP contribution in [0.4, 0.5) is 0 Å². The number of nitrogens with one attached hydrogen (secondary N) is 1. The van der Waals surface area contributed by atoms with Crippen LogP contribution < -0.4 is 14.8 Å². The van der Waals surface area contributed by atoms with Crippen LogP contribution in [0, 0.1) is 0 Å². The number of fused-ring (bicyclic) bond motifs is 1. The summed E-state index contributed by atoms with van der Waals surface area (Å²) in [6.45, 7) is 1.12. The molecule has 0 bridgehead atoms. The molecule has 1 aliphatic heterocycles. The summed E-state index contributed by atoms with van der Waals surface area (Å²) in [5.41, 5.74) is 1.51. The highest BCUT2D eigenvalue weighted by Gasteiger charge is 2.38. The van der Waals surface area contributed by atoms with Crippen molar-refractivity contribution in [3.63, 3.8) is 0 Å². The van der Waals surface area contributed by atoms with E-state index in [0.29, 0.717) is 19.0 Å². The fraction of sp³-hybridized carbons (Fsp3) is 0.364. The van der Waals surface area contributed by atoms with Gasteiger partial charge in [0.2, 0.25) is 11.7 Å². The lowest BCUT2D eigenvalue weighted by atomic mass is 9.87. The lowest BCUT2D eigenvalue weighted by molar-refractivity contribution is -0.124. The minimum Gasteiger partial charge on any atom is -0.486 e. The summed E-state index contributed by atoms with van der Waals surface area (Å²) >= 11 is 0. The number of nitrogens with zero attached hydrogens (tertiary/aromatic N) is 4. The molecular formula is C22H23N5O3. The molecule has 1 aliphatic carbocycles. The van der Waals surface area contributed by atoms with E-state index in [2.05, 4.69) is 20.7 Å². The van der Waals surface area contributed by atoms with E-state index in [9.17, 15) is 4.79 Å². The molecule has 2 heterocycles. The zero-order valence-corrected chi connectivity index (χ0v) is 16.6. The molecule has 1 amide bonds. The number of tetrazole rings is 1. The number of hydrogen-bond donors (Lipinski definition) is 1.